The molecule has 2 aliphatic heterocycles. The molecule has 1 saturated heterocycles. The van der Waals surface area contributed by atoms with Crippen LogP contribution in [0.4, 0.5) is 11.5 Å². The zero-order valence-corrected chi connectivity index (χ0v) is 21.0. The lowest BCUT2D eigenvalue weighted by Gasteiger charge is -2.48. The molecule has 0 saturated carbocycles. The Morgan fingerprint density at radius 2 is 1.80 bits per heavy atom. The monoisotopic (exact) mass is 473 g/mol. The van der Waals surface area contributed by atoms with Crippen LogP contribution < -0.4 is 15.0 Å². The van der Waals surface area contributed by atoms with Crippen molar-refractivity contribution in [3.8, 4) is 5.88 Å². The van der Waals surface area contributed by atoms with Gasteiger partial charge in [0, 0.05) is 23.6 Å². The lowest BCUT2D eigenvalue weighted by Crippen LogP contribution is -2.63. The van der Waals surface area contributed by atoms with Crippen LogP contribution in [0.3, 0.4) is 0 Å². The minimum atomic E-state index is 0.0328. The molecule has 1 fully saturated rings. The first kappa shape index (κ1) is 23.6. The van der Waals surface area contributed by atoms with Crippen molar-refractivity contribution < 1.29 is 14.0 Å². The fraction of sp³-hybridized carbons (Fsp3) is 0.448. The standard InChI is InChI=1S/C29H36N4O2/c1-22(2)33(18-5-6-21-35-28-15-13-24-12-14-27(34)30-29(24)31-28)19-16-32(17-20-33)26-11-7-9-23-8-3-4-10-25(23)26/h3-4,7-11,13,15,22H,5-6,12,14,16-21H2,1-2H3/p+1. The van der Waals surface area contributed by atoms with E-state index in [1.54, 1.807) is 0 Å². The van der Waals surface area contributed by atoms with Gasteiger partial charge in [-0.2, -0.15) is 4.98 Å². The van der Waals surface area contributed by atoms with E-state index in [1.165, 1.54) is 40.6 Å². The number of fused-ring (bicyclic) bond motifs is 2. The van der Waals surface area contributed by atoms with E-state index in [4.69, 9.17) is 4.74 Å². The normalized spacial score (nSPS) is 17.3. The predicted molar refractivity (Wildman–Crippen MR) is 142 cm³/mol. The van der Waals surface area contributed by atoms with Crippen molar-refractivity contribution in [1.29, 1.82) is 0 Å². The van der Waals surface area contributed by atoms with Gasteiger partial charge in [0.05, 0.1) is 45.4 Å². The van der Waals surface area contributed by atoms with Crippen LogP contribution in [0, 0.1) is 0 Å². The van der Waals surface area contributed by atoms with Crippen molar-refractivity contribution in [2.75, 3.05) is 49.5 Å². The van der Waals surface area contributed by atoms with E-state index in [0.29, 0.717) is 30.8 Å². The number of rotatable bonds is 8. The number of carbonyl (C=O) groups is 1. The molecule has 1 aromatic heterocycles. The van der Waals surface area contributed by atoms with Crippen LogP contribution >= 0.6 is 0 Å². The molecule has 2 aromatic carbocycles. The molecule has 5 rings (SSSR count). The van der Waals surface area contributed by atoms with Gasteiger partial charge in [0.1, 0.15) is 5.82 Å². The van der Waals surface area contributed by atoms with Crippen molar-refractivity contribution >= 4 is 28.2 Å². The summed E-state index contributed by atoms with van der Waals surface area (Å²) in [4.78, 5) is 18.7. The number of pyridine rings is 1. The number of amides is 1. The molecular weight excluding hydrogens is 436 g/mol. The second-order valence-corrected chi connectivity index (χ2v) is 10.2. The van der Waals surface area contributed by atoms with E-state index < -0.39 is 0 Å². The van der Waals surface area contributed by atoms with Crippen molar-refractivity contribution in [1.82, 2.24) is 4.98 Å². The highest BCUT2D eigenvalue weighted by Crippen LogP contribution is 2.30. The summed E-state index contributed by atoms with van der Waals surface area (Å²) in [6.45, 7) is 11.1. The minimum absolute atomic E-state index is 0.0328. The number of nitrogens with zero attached hydrogens (tertiary/aromatic N) is 3. The molecule has 6 nitrogen and oxygen atoms in total. The zero-order chi connectivity index (χ0) is 24.3. The molecule has 2 aliphatic rings. The number of aromatic nitrogens is 1. The van der Waals surface area contributed by atoms with E-state index in [2.05, 4.69) is 71.5 Å². The third-order valence-electron chi connectivity index (χ3n) is 7.91. The van der Waals surface area contributed by atoms with Gasteiger partial charge >= 0.3 is 0 Å². The smallest absolute Gasteiger partial charge is 0.225 e. The maximum atomic E-state index is 11.6. The summed E-state index contributed by atoms with van der Waals surface area (Å²) < 4.78 is 7.10. The number of ether oxygens (including phenoxy) is 1. The lowest BCUT2D eigenvalue weighted by molar-refractivity contribution is -0.948. The number of hydrogen-bond donors (Lipinski definition) is 1. The van der Waals surface area contributed by atoms with E-state index in [0.717, 1.165) is 37.9 Å². The Morgan fingerprint density at radius 1 is 1.00 bits per heavy atom. The van der Waals surface area contributed by atoms with E-state index in [1.807, 2.05) is 12.1 Å². The first-order valence-corrected chi connectivity index (χ1v) is 13.1. The molecule has 0 atom stereocenters. The molecule has 1 amide bonds. The summed E-state index contributed by atoms with van der Waals surface area (Å²) in [5.41, 5.74) is 2.45. The Morgan fingerprint density at radius 3 is 2.63 bits per heavy atom. The molecular formula is C29H37N4O2+. The van der Waals surface area contributed by atoms with E-state index >= 15 is 0 Å². The molecule has 3 aromatic rings. The number of aryl methyl sites for hydroxylation is 1. The van der Waals surface area contributed by atoms with E-state index in [-0.39, 0.29) is 5.91 Å². The number of unbranched alkanes of at least 4 members (excludes halogenated alkanes) is 1. The molecule has 6 heteroatoms. The number of carbonyl (C=O) groups excluding carboxylic acids is 1. The number of benzene rings is 2. The van der Waals surface area contributed by atoms with Gasteiger partial charge in [-0.05, 0) is 56.2 Å². The van der Waals surface area contributed by atoms with Crippen LogP contribution in [-0.2, 0) is 11.2 Å². The molecule has 1 N–H and O–H groups in total. The van der Waals surface area contributed by atoms with Gasteiger partial charge < -0.3 is 19.4 Å². The van der Waals surface area contributed by atoms with Crippen LogP contribution in [0.5, 0.6) is 5.88 Å². The molecule has 3 heterocycles. The summed E-state index contributed by atoms with van der Waals surface area (Å²) in [7, 11) is 0. The molecule has 0 unspecified atom stereocenters. The third kappa shape index (κ3) is 5.13. The molecule has 35 heavy (non-hydrogen) atoms. The number of piperazine rings is 1. The summed E-state index contributed by atoms with van der Waals surface area (Å²) in [5, 5.41) is 5.52. The maximum Gasteiger partial charge on any atom is 0.225 e. The fourth-order valence-electron chi connectivity index (χ4n) is 5.60. The largest absolute Gasteiger partial charge is 0.478 e. The van der Waals surface area contributed by atoms with Crippen molar-refractivity contribution in [2.45, 2.75) is 45.6 Å². The van der Waals surface area contributed by atoms with Gasteiger partial charge in [-0.15, -0.1) is 0 Å². The van der Waals surface area contributed by atoms with Gasteiger partial charge in [0.15, 0.2) is 0 Å². The Bertz CT molecular complexity index is 1180. The van der Waals surface area contributed by atoms with Crippen LogP contribution in [0.25, 0.3) is 10.8 Å². The number of quaternary nitrogens is 1. The first-order chi connectivity index (χ1) is 17.0. The van der Waals surface area contributed by atoms with Gasteiger partial charge in [-0.25, -0.2) is 0 Å². The lowest BCUT2D eigenvalue weighted by atomic mass is 10.1. The summed E-state index contributed by atoms with van der Waals surface area (Å²) in [5.74, 6) is 1.29. The van der Waals surface area contributed by atoms with Crippen molar-refractivity contribution in [3.63, 3.8) is 0 Å². The topological polar surface area (TPSA) is 54.5 Å². The van der Waals surface area contributed by atoms with Crippen LogP contribution in [-0.4, -0.2) is 60.7 Å². The van der Waals surface area contributed by atoms with Gasteiger partial charge in [-0.1, -0.05) is 36.4 Å². The zero-order valence-electron chi connectivity index (χ0n) is 21.0. The third-order valence-corrected chi connectivity index (χ3v) is 7.91. The molecule has 184 valence electrons. The Labute approximate surface area is 208 Å². The quantitative estimate of drug-likeness (QED) is 0.369. The van der Waals surface area contributed by atoms with Gasteiger partial charge in [0.25, 0.3) is 0 Å². The highest BCUT2D eigenvalue weighted by Gasteiger charge is 2.35. The maximum absolute atomic E-state index is 11.6. The molecule has 0 spiro atoms. The molecule has 0 radical (unpaired) electrons. The highest BCUT2D eigenvalue weighted by atomic mass is 16.5. The second-order valence-electron chi connectivity index (χ2n) is 10.2. The minimum Gasteiger partial charge on any atom is -0.478 e. The second kappa shape index (κ2) is 10.2. The summed E-state index contributed by atoms with van der Waals surface area (Å²) >= 11 is 0. The Kier molecular flexibility index (Phi) is 6.91. The number of anilines is 2. The molecule has 0 aliphatic carbocycles. The van der Waals surface area contributed by atoms with Crippen LogP contribution in [0.1, 0.15) is 38.7 Å². The van der Waals surface area contributed by atoms with Gasteiger partial charge in [0.2, 0.25) is 11.8 Å². The fourth-order valence-corrected chi connectivity index (χ4v) is 5.60. The van der Waals surface area contributed by atoms with Gasteiger partial charge in [-0.3, -0.25) is 4.79 Å². The van der Waals surface area contributed by atoms with Crippen molar-refractivity contribution in [3.05, 3.63) is 60.2 Å². The summed E-state index contributed by atoms with van der Waals surface area (Å²) in [6, 6.07) is 19.9. The predicted octanol–water partition coefficient (Wildman–Crippen LogP) is 5.02. The average molecular weight is 474 g/mol. The SMILES string of the molecule is CC(C)[N+]1(CCCCOc2ccc3c(n2)NC(=O)CC3)CCN(c2cccc3ccccc23)CC1. The highest BCUT2D eigenvalue weighted by molar-refractivity contribution is 5.94. The van der Waals surface area contributed by atoms with E-state index in [9.17, 15) is 4.79 Å². The summed E-state index contributed by atoms with van der Waals surface area (Å²) in [6.07, 6.45) is 3.42. The first-order valence-electron chi connectivity index (χ1n) is 13.1. The Hall–Kier alpha value is -3.12. The average Bonchev–Trinajstić information content (AvgIpc) is 2.88. The number of nitrogens with one attached hydrogen (secondary N) is 1. The Balaban J connectivity index is 1.13. The van der Waals surface area contributed by atoms with Crippen LogP contribution in [0.2, 0.25) is 0 Å². The molecule has 0 bridgehead atoms. The number of hydrogen-bond acceptors (Lipinski definition) is 4. The van der Waals surface area contributed by atoms with Crippen LogP contribution in [0.15, 0.2) is 54.6 Å². The van der Waals surface area contributed by atoms with Crippen molar-refractivity contribution in [2.24, 2.45) is 0 Å².